The second kappa shape index (κ2) is 8.64. The number of ether oxygens (including phenoxy) is 1. The molecule has 0 fully saturated rings. The Morgan fingerprint density at radius 2 is 1.91 bits per heavy atom. The highest BCUT2D eigenvalue weighted by Gasteiger charge is 2.34. The van der Waals surface area contributed by atoms with Crippen LogP contribution in [0.15, 0.2) is 36.4 Å². The molecule has 2 aromatic carbocycles. The summed E-state index contributed by atoms with van der Waals surface area (Å²) in [7, 11) is 1.67. The average Bonchev–Trinajstić information content (AvgIpc) is 3.09. The summed E-state index contributed by atoms with van der Waals surface area (Å²) in [6.45, 7) is 0.939. The molecular weight excluding hydrogens is 426 g/mol. The molecule has 9 heteroatoms. The van der Waals surface area contributed by atoms with Gasteiger partial charge in [-0.25, -0.2) is 17.6 Å². The van der Waals surface area contributed by atoms with Gasteiger partial charge in [-0.05, 0) is 37.6 Å². The number of hydrogen-bond acceptors (Lipinski definition) is 3. The zero-order valence-electron chi connectivity index (χ0n) is 17.5. The number of alkyl halides is 1. The molecule has 0 bridgehead atoms. The van der Waals surface area contributed by atoms with E-state index in [4.69, 9.17) is 4.74 Å². The Labute approximate surface area is 182 Å². The van der Waals surface area contributed by atoms with Crippen molar-refractivity contribution in [1.29, 1.82) is 0 Å². The summed E-state index contributed by atoms with van der Waals surface area (Å²) in [4.78, 5) is 14.6. The molecule has 1 aliphatic heterocycles. The van der Waals surface area contributed by atoms with Crippen molar-refractivity contribution in [3.63, 3.8) is 0 Å². The number of aromatic nitrogens is 2. The van der Waals surface area contributed by atoms with Crippen molar-refractivity contribution in [2.24, 2.45) is 7.05 Å². The summed E-state index contributed by atoms with van der Waals surface area (Å²) in [5.41, 5.74) is 2.12. The second-order valence-corrected chi connectivity index (χ2v) is 7.57. The van der Waals surface area contributed by atoms with Gasteiger partial charge >= 0.3 is 0 Å². The van der Waals surface area contributed by atoms with Gasteiger partial charge < -0.3 is 9.64 Å². The van der Waals surface area contributed by atoms with E-state index in [0.717, 1.165) is 11.6 Å². The first-order valence-corrected chi connectivity index (χ1v) is 10.1. The van der Waals surface area contributed by atoms with Crippen LogP contribution in [-0.4, -0.2) is 40.4 Å². The Morgan fingerprint density at radius 3 is 2.59 bits per heavy atom. The van der Waals surface area contributed by atoms with Crippen LogP contribution in [0.4, 0.5) is 17.6 Å². The van der Waals surface area contributed by atoms with Crippen molar-refractivity contribution in [2.45, 2.75) is 19.4 Å². The summed E-state index contributed by atoms with van der Waals surface area (Å²) in [6, 6.07) is 6.93. The molecule has 3 aromatic rings. The maximum atomic E-state index is 14.8. The number of benzene rings is 2. The molecule has 5 nitrogen and oxygen atoms in total. The Morgan fingerprint density at radius 1 is 1.19 bits per heavy atom. The third kappa shape index (κ3) is 3.83. The summed E-state index contributed by atoms with van der Waals surface area (Å²) in [5.74, 6) is -2.97. The van der Waals surface area contributed by atoms with Crippen molar-refractivity contribution in [2.75, 3.05) is 19.8 Å². The van der Waals surface area contributed by atoms with Gasteiger partial charge in [0.2, 0.25) is 0 Å². The Kier molecular flexibility index (Phi) is 5.90. The maximum absolute atomic E-state index is 14.8. The topological polar surface area (TPSA) is 47.4 Å². The number of carbonyl (C=O) groups excluding carboxylic acids is 1. The molecule has 1 aliphatic rings. The number of fused-ring (bicyclic) bond motifs is 1. The predicted molar refractivity (Wildman–Crippen MR) is 110 cm³/mol. The molecule has 0 unspecified atom stereocenters. The number of amides is 1. The van der Waals surface area contributed by atoms with E-state index in [1.807, 2.05) is 0 Å². The van der Waals surface area contributed by atoms with Gasteiger partial charge in [0.15, 0.2) is 11.6 Å². The average molecular weight is 447 g/mol. The van der Waals surface area contributed by atoms with E-state index in [-0.39, 0.29) is 24.5 Å². The number of carbonyl (C=O) groups is 1. The summed E-state index contributed by atoms with van der Waals surface area (Å²) < 4.78 is 61.3. The summed E-state index contributed by atoms with van der Waals surface area (Å²) in [6.07, 6.45) is 0.381. The monoisotopic (exact) mass is 447 g/mol. The van der Waals surface area contributed by atoms with Crippen LogP contribution in [0.25, 0.3) is 11.3 Å². The van der Waals surface area contributed by atoms with Crippen LogP contribution in [-0.2, 0) is 13.5 Å². The molecular formula is C23H21F4N3O2. The quantitative estimate of drug-likeness (QED) is 0.537. The van der Waals surface area contributed by atoms with Crippen LogP contribution >= 0.6 is 0 Å². The molecule has 0 aliphatic carbocycles. The van der Waals surface area contributed by atoms with E-state index >= 15 is 0 Å². The molecule has 0 saturated heterocycles. The van der Waals surface area contributed by atoms with Gasteiger partial charge in [0.25, 0.3) is 5.91 Å². The smallest absolute Gasteiger partial charge is 0.257 e. The van der Waals surface area contributed by atoms with Gasteiger partial charge in [-0.3, -0.25) is 9.48 Å². The lowest BCUT2D eigenvalue weighted by molar-refractivity contribution is 0.0667. The summed E-state index contributed by atoms with van der Waals surface area (Å²) in [5, 5.41) is 4.49. The highest BCUT2D eigenvalue weighted by atomic mass is 19.1. The maximum Gasteiger partial charge on any atom is 0.257 e. The Bertz CT molecular complexity index is 1160. The Hall–Kier alpha value is -3.36. The lowest BCUT2D eigenvalue weighted by atomic mass is 9.95. The molecule has 32 heavy (non-hydrogen) atoms. The van der Waals surface area contributed by atoms with Gasteiger partial charge in [0.05, 0.1) is 23.0 Å². The third-order valence-corrected chi connectivity index (χ3v) is 5.57. The molecule has 0 spiro atoms. The van der Waals surface area contributed by atoms with E-state index in [9.17, 15) is 22.4 Å². The zero-order chi connectivity index (χ0) is 23.0. The van der Waals surface area contributed by atoms with E-state index in [1.165, 1.54) is 39.9 Å². The first kappa shape index (κ1) is 21.9. The van der Waals surface area contributed by atoms with Crippen molar-refractivity contribution in [3.8, 4) is 17.0 Å². The minimum Gasteiger partial charge on any atom is -0.488 e. The molecule has 0 N–H and O–H groups in total. The van der Waals surface area contributed by atoms with Gasteiger partial charge in [-0.15, -0.1) is 0 Å². The van der Waals surface area contributed by atoms with Crippen LogP contribution in [0.1, 0.15) is 34.6 Å². The molecule has 1 aromatic heterocycles. The molecule has 1 amide bonds. The lowest BCUT2D eigenvalue weighted by Gasteiger charge is -2.33. The fraction of sp³-hybridized carbons (Fsp3) is 0.304. The predicted octanol–water partition coefficient (Wildman–Crippen LogP) is 4.61. The molecule has 2 heterocycles. The largest absolute Gasteiger partial charge is 0.488 e. The SMILES string of the molecule is C[C@H]1c2nn(C)c(-c3cc(F)cc(F)c3)c2CCN1C(=O)c1cccc(OCCF)c1F. The van der Waals surface area contributed by atoms with Crippen molar-refractivity contribution in [1.82, 2.24) is 14.7 Å². The zero-order valence-corrected chi connectivity index (χ0v) is 17.5. The van der Waals surface area contributed by atoms with Crippen LogP contribution in [0.5, 0.6) is 5.75 Å². The number of nitrogens with zero attached hydrogens (tertiary/aromatic N) is 3. The van der Waals surface area contributed by atoms with Crippen molar-refractivity contribution < 1.29 is 27.1 Å². The first-order valence-electron chi connectivity index (χ1n) is 10.1. The van der Waals surface area contributed by atoms with Crippen LogP contribution < -0.4 is 4.74 Å². The fourth-order valence-electron chi connectivity index (χ4n) is 4.16. The second-order valence-electron chi connectivity index (χ2n) is 7.57. The molecule has 168 valence electrons. The number of rotatable bonds is 5. The lowest BCUT2D eigenvalue weighted by Crippen LogP contribution is -2.39. The van der Waals surface area contributed by atoms with E-state index in [0.29, 0.717) is 23.4 Å². The minimum atomic E-state index is -0.846. The van der Waals surface area contributed by atoms with Gasteiger partial charge in [0.1, 0.15) is 24.9 Å². The minimum absolute atomic E-state index is 0.181. The summed E-state index contributed by atoms with van der Waals surface area (Å²) >= 11 is 0. The molecule has 4 rings (SSSR count). The third-order valence-electron chi connectivity index (χ3n) is 5.57. The molecule has 0 radical (unpaired) electrons. The van der Waals surface area contributed by atoms with Gasteiger partial charge in [-0.1, -0.05) is 6.07 Å². The van der Waals surface area contributed by atoms with Crippen LogP contribution in [0, 0.1) is 17.5 Å². The standard InChI is InChI=1S/C23H21F4N3O2/c1-13-21-18(22(29(2)28-21)14-10-15(25)12-16(26)11-14)6-8-30(13)23(31)17-4-3-5-19(20(17)27)32-9-7-24/h3-5,10-13H,6-9H2,1-2H3/t13-/m0/s1. The first-order chi connectivity index (χ1) is 15.3. The number of halogens is 4. The van der Waals surface area contributed by atoms with Gasteiger partial charge in [-0.2, -0.15) is 5.10 Å². The van der Waals surface area contributed by atoms with E-state index in [1.54, 1.807) is 14.0 Å². The highest BCUT2D eigenvalue weighted by Crippen LogP contribution is 2.37. The number of hydrogen-bond donors (Lipinski definition) is 0. The molecule has 0 saturated carbocycles. The molecule has 1 atom stereocenters. The van der Waals surface area contributed by atoms with E-state index in [2.05, 4.69) is 5.10 Å². The van der Waals surface area contributed by atoms with Crippen LogP contribution in [0.3, 0.4) is 0 Å². The fourth-order valence-corrected chi connectivity index (χ4v) is 4.16. The normalized spacial score (nSPS) is 15.6. The van der Waals surface area contributed by atoms with Gasteiger partial charge in [0, 0.05) is 30.8 Å². The highest BCUT2D eigenvalue weighted by molar-refractivity contribution is 5.95. The number of aryl methyl sites for hydroxylation is 1. The Balaban J connectivity index is 1.67. The van der Waals surface area contributed by atoms with Crippen molar-refractivity contribution in [3.05, 3.63) is 70.7 Å². The van der Waals surface area contributed by atoms with Crippen molar-refractivity contribution >= 4 is 5.91 Å². The van der Waals surface area contributed by atoms with E-state index < -0.39 is 36.1 Å². The van der Waals surface area contributed by atoms with Crippen LogP contribution in [0.2, 0.25) is 0 Å².